The topological polar surface area (TPSA) is 12.0 Å². The third-order valence-electron chi connectivity index (χ3n) is 3.55. The van der Waals surface area contributed by atoms with E-state index in [0.717, 1.165) is 24.6 Å². The molecule has 3 heteroatoms. The highest BCUT2D eigenvalue weighted by atomic mass is 35.5. The summed E-state index contributed by atoms with van der Waals surface area (Å²) in [5.74, 6) is 0.942. The Labute approximate surface area is 114 Å². The van der Waals surface area contributed by atoms with Crippen molar-refractivity contribution in [2.75, 3.05) is 6.54 Å². The maximum Gasteiger partial charge on any atom is 0.0637 e. The van der Waals surface area contributed by atoms with Gasteiger partial charge in [0, 0.05) is 6.54 Å². The fourth-order valence-electron chi connectivity index (χ4n) is 2.51. The molecule has 0 saturated heterocycles. The molecule has 1 aliphatic rings. The summed E-state index contributed by atoms with van der Waals surface area (Å²) in [5.41, 5.74) is 1.09. The molecule has 2 rings (SSSR count). The van der Waals surface area contributed by atoms with Crippen LogP contribution in [0.15, 0.2) is 18.2 Å². The van der Waals surface area contributed by atoms with Crippen LogP contribution in [0.2, 0.25) is 10.0 Å². The van der Waals surface area contributed by atoms with Gasteiger partial charge in [-0.05, 0) is 30.5 Å². The molecule has 0 bridgehead atoms. The molecule has 0 radical (unpaired) electrons. The zero-order valence-electron chi connectivity index (χ0n) is 10.0. The molecule has 0 atom stereocenters. The molecule has 0 amide bonds. The Morgan fingerprint density at radius 2 is 1.94 bits per heavy atom. The molecule has 0 aromatic heterocycles. The van der Waals surface area contributed by atoms with Gasteiger partial charge in [-0.25, -0.2) is 0 Å². The molecular weight excluding hydrogens is 253 g/mol. The Balaban J connectivity index is 1.72. The van der Waals surface area contributed by atoms with Gasteiger partial charge in [0.2, 0.25) is 0 Å². The van der Waals surface area contributed by atoms with E-state index in [0.29, 0.717) is 10.0 Å². The van der Waals surface area contributed by atoms with Gasteiger partial charge >= 0.3 is 0 Å². The minimum Gasteiger partial charge on any atom is -0.313 e. The molecule has 1 nitrogen and oxygen atoms in total. The van der Waals surface area contributed by atoms with E-state index in [9.17, 15) is 0 Å². The van der Waals surface area contributed by atoms with Gasteiger partial charge in [-0.15, -0.1) is 0 Å². The summed E-state index contributed by atoms with van der Waals surface area (Å²) in [6.07, 6.45) is 6.97. The molecule has 1 aliphatic carbocycles. The first-order chi connectivity index (χ1) is 8.27. The Bertz CT molecular complexity index is 359. The predicted molar refractivity (Wildman–Crippen MR) is 74.7 cm³/mol. The third-order valence-corrected chi connectivity index (χ3v) is 4.41. The second-order valence-corrected chi connectivity index (χ2v) is 5.61. The van der Waals surface area contributed by atoms with Crippen molar-refractivity contribution < 1.29 is 0 Å². The highest BCUT2D eigenvalue weighted by Gasteiger charge is 2.14. The van der Waals surface area contributed by atoms with Gasteiger partial charge in [0.05, 0.1) is 10.0 Å². The average molecular weight is 272 g/mol. The Hall–Kier alpha value is -0.240. The van der Waals surface area contributed by atoms with Crippen LogP contribution in [0.3, 0.4) is 0 Å². The van der Waals surface area contributed by atoms with E-state index in [4.69, 9.17) is 23.2 Å². The number of benzene rings is 1. The van der Waals surface area contributed by atoms with Crippen molar-refractivity contribution in [3.63, 3.8) is 0 Å². The van der Waals surface area contributed by atoms with Crippen LogP contribution < -0.4 is 5.32 Å². The second kappa shape index (κ2) is 6.63. The van der Waals surface area contributed by atoms with Gasteiger partial charge in [-0.2, -0.15) is 0 Å². The molecule has 0 spiro atoms. The number of hydrogen-bond donors (Lipinski definition) is 1. The van der Waals surface area contributed by atoms with Crippen LogP contribution in [-0.4, -0.2) is 6.54 Å². The maximum absolute atomic E-state index is 6.13. The smallest absolute Gasteiger partial charge is 0.0637 e. The molecule has 1 aromatic rings. The molecule has 1 saturated carbocycles. The Kier molecular flexibility index (Phi) is 5.15. The molecule has 1 fully saturated rings. The van der Waals surface area contributed by atoms with Crippen LogP contribution in [0.5, 0.6) is 0 Å². The SMILES string of the molecule is Clc1cccc(CNCCC2CCCC2)c1Cl. The minimum absolute atomic E-state index is 0.641. The molecule has 0 heterocycles. The summed E-state index contributed by atoms with van der Waals surface area (Å²) < 4.78 is 0. The van der Waals surface area contributed by atoms with Crippen molar-refractivity contribution in [1.29, 1.82) is 0 Å². The van der Waals surface area contributed by atoms with E-state index in [-0.39, 0.29) is 0 Å². The summed E-state index contributed by atoms with van der Waals surface area (Å²) in [7, 11) is 0. The molecule has 1 N–H and O–H groups in total. The van der Waals surface area contributed by atoms with Gasteiger partial charge in [-0.3, -0.25) is 0 Å². The second-order valence-electron chi connectivity index (χ2n) is 4.83. The minimum atomic E-state index is 0.641. The lowest BCUT2D eigenvalue weighted by atomic mass is 10.0. The van der Waals surface area contributed by atoms with Crippen LogP contribution in [0, 0.1) is 5.92 Å². The normalized spacial score (nSPS) is 16.6. The van der Waals surface area contributed by atoms with E-state index in [1.165, 1.54) is 32.1 Å². The highest BCUT2D eigenvalue weighted by molar-refractivity contribution is 6.42. The summed E-state index contributed by atoms with van der Waals surface area (Å²) in [5, 5.41) is 4.78. The van der Waals surface area contributed by atoms with Crippen LogP contribution in [0.4, 0.5) is 0 Å². The summed E-state index contributed by atoms with van der Waals surface area (Å²) in [4.78, 5) is 0. The zero-order chi connectivity index (χ0) is 12.1. The molecular formula is C14H19Cl2N. The van der Waals surface area contributed by atoms with Crippen molar-refractivity contribution in [2.45, 2.75) is 38.6 Å². The van der Waals surface area contributed by atoms with Crippen molar-refractivity contribution in [3.05, 3.63) is 33.8 Å². The van der Waals surface area contributed by atoms with Gasteiger partial charge in [0.1, 0.15) is 0 Å². The van der Waals surface area contributed by atoms with E-state index in [2.05, 4.69) is 5.32 Å². The Morgan fingerprint density at radius 1 is 1.18 bits per heavy atom. The number of hydrogen-bond acceptors (Lipinski definition) is 1. The monoisotopic (exact) mass is 271 g/mol. The van der Waals surface area contributed by atoms with Crippen molar-refractivity contribution in [3.8, 4) is 0 Å². The molecule has 0 unspecified atom stereocenters. The lowest BCUT2D eigenvalue weighted by Crippen LogP contribution is -2.17. The van der Waals surface area contributed by atoms with E-state index in [1.54, 1.807) is 0 Å². The highest BCUT2D eigenvalue weighted by Crippen LogP contribution is 2.27. The lowest BCUT2D eigenvalue weighted by molar-refractivity contribution is 0.477. The Morgan fingerprint density at radius 3 is 2.71 bits per heavy atom. The van der Waals surface area contributed by atoms with Gasteiger partial charge in [0.15, 0.2) is 0 Å². The standard InChI is InChI=1S/C14H19Cl2N/c15-13-7-3-6-12(14(13)16)10-17-9-8-11-4-1-2-5-11/h3,6-7,11,17H,1-2,4-5,8-10H2. The van der Waals surface area contributed by atoms with Crippen LogP contribution in [-0.2, 0) is 6.54 Å². The first kappa shape index (κ1) is 13.2. The molecule has 1 aromatic carbocycles. The molecule has 94 valence electrons. The molecule has 0 aliphatic heterocycles. The van der Waals surface area contributed by atoms with Crippen LogP contribution in [0.1, 0.15) is 37.7 Å². The summed E-state index contributed by atoms with van der Waals surface area (Å²) >= 11 is 12.1. The fourth-order valence-corrected chi connectivity index (χ4v) is 2.90. The quantitative estimate of drug-likeness (QED) is 0.768. The molecule has 17 heavy (non-hydrogen) atoms. The van der Waals surface area contributed by atoms with Crippen molar-refractivity contribution in [2.24, 2.45) is 5.92 Å². The summed E-state index contributed by atoms with van der Waals surface area (Å²) in [6, 6.07) is 5.80. The van der Waals surface area contributed by atoms with Gasteiger partial charge in [-0.1, -0.05) is 61.0 Å². The lowest BCUT2D eigenvalue weighted by Gasteiger charge is -2.11. The number of rotatable bonds is 5. The average Bonchev–Trinajstić information content (AvgIpc) is 2.83. The van der Waals surface area contributed by atoms with Gasteiger partial charge < -0.3 is 5.32 Å². The van der Waals surface area contributed by atoms with Crippen LogP contribution >= 0.6 is 23.2 Å². The summed E-state index contributed by atoms with van der Waals surface area (Å²) in [6.45, 7) is 1.89. The van der Waals surface area contributed by atoms with Gasteiger partial charge in [0.25, 0.3) is 0 Å². The van der Waals surface area contributed by atoms with E-state index < -0.39 is 0 Å². The van der Waals surface area contributed by atoms with Crippen LogP contribution in [0.25, 0.3) is 0 Å². The van der Waals surface area contributed by atoms with E-state index in [1.807, 2.05) is 18.2 Å². The number of nitrogens with one attached hydrogen (secondary N) is 1. The van der Waals surface area contributed by atoms with Crippen molar-refractivity contribution >= 4 is 23.2 Å². The van der Waals surface area contributed by atoms with Crippen molar-refractivity contribution in [1.82, 2.24) is 5.32 Å². The predicted octanol–water partition coefficient (Wildman–Crippen LogP) is 4.66. The first-order valence-corrected chi connectivity index (χ1v) is 7.16. The first-order valence-electron chi connectivity index (χ1n) is 6.41. The third kappa shape index (κ3) is 3.87. The maximum atomic E-state index is 6.13. The zero-order valence-corrected chi connectivity index (χ0v) is 11.5. The number of halogens is 2. The van der Waals surface area contributed by atoms with E-state index >= 15 is 0 Å². The largest absolute Gasteiger partial charge is 0.313 e. The fraction of sp³-hybridized carbons (Fsp3) is 0.571.